The summed E-state index contributed by atoms with van der Waals surface area (Å²) in [5, 5.41) is 18.5. The van der Waals surface area contributed by atoms with Gasteiger partial charge in [0, 0.05) is 13.1 Å². The first kappa shape index (κ1) is 47.7. The minimum Gasteiger partial charge on any atom is -0.347 e. The van der Waals surface area contributed by atoms with Crippen molar-refractivity contribution in [3.8, 4) is 0 Å². The number of carbonyl (C=O) groups is 6. The van der Waals surface area contributed by atoms with Crippen LogP contribution in [0.2, 0.25) is 0 Å². The summed E-state index contributed by atoms with van der Waals surface area (Å²) in [5.74, 6) is -1.30. The summed E-state index contributed by atoms with van der Waals surface area (Å²) in [5.41, 5.74) is 4.79. The van der Waals surface area contributed by atoms with Gasteiger partial charge in [0.15, 0.2) is 0 Å². The molecule has 2 aliphatic carbocycles. The van der Waals surface area contributed by atoms with E-state index < -0.39 is 36.3 Å². The van der Waals surface area contributed by atoms with Crippen molar-refractivity contribution in [2.45, 2.75) is 171 Å². The molecule has 14 nitrogen and oxygen atoms in total. The van der Waals surface area contributed by atoms with Gasteiger partial charge in [-0.2, -0.15) is 0 Å². The van der Waals surface area contributed by atoms with Gasteiger partial charge in [0.05, 0.1) is 24.2 Å². The zero-order valence-electron chi connectivity index (χ0n) is 38.0. The highest BCUT2D eigenvalue weighted by Crippen LogP contribution is 2.32. The maximum Gasteiger partial charge on any atom is 0.245 e. The standard InChI is InChI=1S/C49H72N8O6/c1-5-37(51-4)45(59)55-41(49(63)57-31-17-29-43(57)47(61)53-39-27-15-21-34-19-11-13-23-36(34)39)25-9-7-6-8-24-40(54-44(58)32(2)50-3)48(62)56-30-16-28-42(56)46(60)52-38-26-14-20-33-18-10-12-22-35(33)38/h10-13,18-19,22-23,32,37-43,50-51H,5-9,14-17,20-21,24-31H2,1-4H3,(H,52,60)(H,53,61)(H,54,58)(H,55,59)/t32-,37-,38?,39+,40-,41-,42-,43-/m0/s1. The number of nitrogens with zero attached hydrogens (tertiary/aromatic N) is 2. The maximum atomic E-state index is 14.3. The lowest BCUT2D eigenvalue weighted by molar-refractivity contribution is -0.142. The fourth-order valence-corrected chi connectivity index (χ4v) is 10.1. The molecule has 2 aromatic carbocycles. The summed E-state index contributed by atoms with van der Waals surface area (Å²) < 4.78 is 0. The Kier molecular flexibility index (Phi) is 17.6. The zero-order chi connectivity index (χ0) is 44.9. The van der Waals surface area contributed by atoms with E-state index in [9.17, 15) is 28.8 Å². The molecule has 14 heteroatoms. The number of nitrogens with one attached hydrogen (secondary N) is 6. The van der Waals surface area contributed by atoms with Crippen LogP contribution in [0, 0.1) is 0 Å². The first-order valence-corrected chi connectivity index (χ1v) is 23.9. The number of unbranched alkanes of at least 4 members (excludes halogenated alkanes) is 3. The van der Waals surface area contributed by atoms with Gasteiger partial charge in [-0.05, 0) is 127 Å². The number of amides is 6. The third kappa shape index (κ3) is 12.1. The van der Waals surface area contributed by atoms with Crippen molar-refractivity contribution < 1.29 is 28.8 Å². The Hall–Kier alpha value is -4.82. The number of aryl methyl sites for hydroxylation is 2. The zero-order valence-corrected chi connectivity index (χ0v) is 38.0. The highest BCUT2D eigenvalue weighted by atomic mass is 16.2. The Balaban J connectivity index is 1.05. The molecule has 6 rings (SSSR count). The van der Waals surface area contributed by atoms with Crippen molar-refractivity contribution in [3.63, 3.8) is 0 Å². The number of likely N-dealkylation sites (tertiary alicyclic amines) is 2. The highest BCUT2D eigenvalue weighted by Gasteiger charge is 2.40. The van der Waals surface area contributed by atoms with Crippen LogP contribution < -0.4 is 31.9 Å². The molecule has 0 radical (unpaired) electrons. The van der Waals surface area contributed by atoms with Gasteiger partial charge in [-0.25, -0.2) is 0 Å². The van der Waals surface area contributed by atoms with Crippen LogP contribution in [0.5, 0.6) is 0 Å². The monoisotopic (exact) mass is 869 g/mol. The molecule has 8 atom stereocenters. The lowest BCUT2D eigenvalue weighted by Gasteiger charge is -2.32. The Morgan fingerprint density at radius 2 is 1.05 bits per heavy atom. The van der Waals surface area contributed by atoms with E-state index in [1.165, 1.54) is 11.1 Å². The third-order valence-corrected chi connectivity index (χ3v) is 13.9. The summed E-state index contributed by atoms with van der Waals surface area (Å²) in [4.78, 5) is 86.0. The van der Waals surface area contributed by atoms with Gasteiger partial charge in [-0.1, -0.05) is 81.1 Å². The maximum absolute atomic E-state index is 14.3. The predicted molar refractivity (Wildman–Crippen MR) is 243 cm³/mol. The lowest BCUT2D eigenvalue weighted by Crippen LogP contribution is -2.56. The van der Waals surface area contributed by atoms with E-state index >= 15 is 0 Å². The quantitative estimate of drug-likeness (QED) is 0.107. The third-order valence-electron chi connectivity index (χ3n) is 13.9. The molecule has 2 aromatic rings. The molecule has 6 amide bonds. The number of hydrogen-bond donors (Lipinski definition) is 6. The van der Waals surface area contributed by atoms with E-state index in [4.69, 9.17) is 0 Å². The van der Waals surface area contributed by atoms with Gasteiger partial charge in [0.25, 0.3) is 0 Å². The minimum atomic E-state index is -0.793. The van der Waals surface area contributed by atoms with Crippen molar-refractivity contribution in [2.75, 3.05) is 27.2 Å². The number of benzene rings is 2. The molecule has 4 aliphatic rings. The highest BCUT2D eigenvalue weighted by molar-refractivity contribution is 5.94. The first-order valence-electron chi connectivity index (χ1n) is 23.9. The second-order valence-electron chi connectivity index (χ2n) is 18.1. The number of rotatable bonds is 20. The molecule has 6 N–H and O–H groups in total. The molecule has 0 spiro atoms. The summed E-state index contributed by atoms with van der Waals surface area (Å²) in [6, 6.07) is 12.5. The lowest BCUT2D eigenvalue weighted by atomic mass is 9.87. The van der Waals surface area contributed by atoms with E-state index in [1.807, 2.05) is 31.2 Å². The summed E-state index contributed by atoms with van der Waals surface area (Å²) in [6.45, 7) is 4.56. The first-order chi connectivity index (χ1) is 30.5. The largest absolute Gasteiger partial charge is 0.347 e. The van der Waals surface area contributed by atoms with E-state index in [-0.39, 0.29) is 47.5 Å². The topological polar surface area (TPSA) is 181 Å². The van der Waals surface area contributed by atoms with Crippen molar-refractivity contribution in [1.82, 2.24) is 41.7 Å². The van der Waals surface area contributed by atoms with Crippen LogP contribution in [0.4, 0.5) is 0 Å². The fourth-order valence-electron chi connectivity index (χ4n) is 10.1. The van der Waals surface area contributed by atoms with Gasteiger partial charge >= 0.3 is 0 Å². The fraction of sp³-hybridized carbons (Fsp3) is 0.633. The van der Waals surface area contributed by atoms with Gasteiger partial charge in [-0.3, -0.25) is 28.8 Å². The number of fused-ring (bicyclic) bond motifs is 2. The van der Waals surface area contributed by atoms with E-state index in [1.54, 1.807) is 30.8 Å². The summed E-state index contributed by atoms with van der Waals surface area (Å²) in [6.07, 6.45) is 12.3. The van der Waals surface area contributed by atoms with Crippen LogP contribution in [0.25, 0.3) is 0 Å². The van der Waals surface area contributed by atoms with Gasteiger partial charge in [0.1, 0.15) is 24.2 Å². The Labute approximate surface area is 374 Å². The molecule has 1 unspecified atom stereocenters. The van der Waals surface area contributed by atoms with Crippen molar-refractivity contribution in [1.29, 1.82) is 0 Å². The molecule has 0 aromatic heterocycles. The van der Waals surface area contributed by atoms with Crippen LogP contribution >= 0.6 is 0 Å². The second kappa shape index (κ2) is 23.2. The SMILES string of the molecule is CC[C@H](NC)C(=O)N[C@@H](CCCCCC[C@H](NC(=O)[C@H](C)NC)C(=O)N1CCC[C@H]1C(=O)NC1CCCc2ccccc21)C(=O)N1CCC[C@H]1C(=O)N[C@@H]1CCCc2ccccc21. The molecule has 2 aliphatic heterocycles. The molecule has 2 heterocycles. The van der Waals surface area contributed by atoms with E-state index in [0.717, 1.165) is 62.5 Å². The van der Waals surface area contributed by atoms with Crippen LogP contribution in [-0.2, 0) is 41.6 Å². The van der Waals surface area contributed by atoms with Crippen LogP contribution in [-0.4, -0.2) is 109 Å². The second-order valence-corrected chi connectivity index (χ2v) is 18.1. The minimum absolute atomic E-state index is 0.0899. The normalized spacial score (nSPS) is 22.5. The molecule has 2 saturated heterocycles. The van der Waals surface area contributed by atoms with Crippen LogP contribution in [0.1, 0.15) is 144 Å². The number of likely N-dealkylation sites (N-methyl/N-ethyl adjacent to an activating group) is 2. The molecule has 0 bridgehead atoms. The average Bonchev–Trinajstić information content (AvgIpc) is 4.01. The van der Waals surface area contributed by atoms with E-state index in [0.29, 0.717) is 70.9 Å². The van der Waals surface area contributed by atoms with Crippen molar-refractivity contribution >= 4 is 35.4 Å². The summed E-state index contributed by atoms with van der Waals surface area (Å²) in [7, 11) is 3.42. The van der Waals surface area contributed by atoms with E-state index in [2.05, 4.69) is 56.2 Å². The smallest absolute Gasteiger partial charge is 0.245 e. The molecule has 0 saturated carbocycles. The molecule has 63 heavy (non-hydrogen) atoms. The molecular formula is C49H72N8O6. The predicted octanol–water partition coefficient (Wildman–Crippen LogP) is 4.27. The average molecular weight is 869 g/mol. The van der Waals surface area contributed by atoms with Gasteiger partial charge in [0.2, 0.25) is 35.4 Å². The Morgan fingerprint density at radius 3 is 1.49 bits per heavy atom. The molecular weight excluding hydrogens is 797 g/mol. The Bertz CT molecular complexity index is 1900. The van der Waals surface area contributed by atoms with Gasteiger partial charge < -0.3 is 41.7 Å². The number of carbonyl (C=O) groups excluding carboxylic acids is 6. The number of hydrogen-bond acceptors (Lipinski definition) is 8. The van der Waals surface area contributed by atoms with Gasteiger partial charge in [-0.15, -0.1) is 0 Å². The molecule has 344 valence electrons. The summed E-state index contributed by atoms with van der Waals surface area (Å²) >= 11 is 0. The molecule has 2 fully saturated rings. The van der Waals surface area contributed by atoms with Crippen LogP contribution in [0.3, 0.4) is 0 Å². The van der Waals surface area contributed by atoms with Crippen molar-refractivity contribution in [2.24, 2.45) is 0 Å². The van der Waals surface area contributed by atoms with Crippen molar-refractivity contribution in [3.05, 3.63) is 70.8 Å². The Morgan fingerprint density at radius 1 is 0.587 bits per heavy atom. The van der Waals surface area contributed by atoms with Crippen LogP contribution in [0.15, 0.2) is 48.5 Å².